The number of halogens is 2. The van der Waals surface area contributed by atoms with Crippen LogP contribution in [0.3, 0.4) is 0 Å². The van der Waals surface area contributed by atoms with Crippen molar-refractivity contribution >= 4 is 11.7 Å². The quantitative estimate of drug-likeness (QED) is 0.897. The van der Waals surface area contributed by atoms with Crippen molar-refractivity contribution < 1.29 is 18.7 Å². The molecule has 0 amide bonds. The maximum Gasteiger partial charge on any atom is 0.328 e. The number of hydrogen-bond donors (Lipinski definition) is 1. The van der Waals surface area contributed by atoms with Gasteiger partial charge < -0.3 is 10.0 Å². The van der Waals surface area contributed by atoms with Crippen molar-refractivity contribution in [2.45, 2.75) is 19.4 Å². The molecule has 1 aromatic carbocycles. The Labute approximate surface area is 103 Å². The molecule has 0 aliphatic heterocycles. The Morgan fingerprint density at radius 1 is 1.39 bits per heavy atom. The highest BCUT2D eigenvalue weighted by Gasteiger charge is 2.35. The third-order valence-electron chi connectivity index (χ3n) is 2.84. The summed E-state index contributed by atoms with van der Waals surface area (Å²) < 4.78 is 27.4. The fraction of sp³-hybridized carbons (Fsp3) is 0.333. The summed E-state index contributed by atoms with van der Waals surface area (Å²) in [5, 5.41) is 17.6. The topological polar surface area (TPSA) is 64.3 Å². The largest absolute Gasteiger partial charge is 0.480 e. The SMILES string of the molecule is CN(c1c(F)cc(C#N)cc1F)C(C)(C)C(=O)O. The fourth-order valence-corrected chi connectivity index (χ4v) is 1.37. The summed E-state index contributed by atoms with van der Waals surface area (Å²) in [4.78, 5) is 12.0. The second kappa shape index (κ2) is 4.61. The molecule has 4 nitrogen and oxygen atoms in total. The van der Waals surface area contributed by atoms with E-state index in [-0.39, 0.29) is 5.56 Å². The number of nitriles is 1. The summed E-state index contributed by atoms with van der Waals surface area (Å²) >= 11 is 0. The van der Waals surface area contributed by atoms with Crippen LogP contribution >= 0.6 is 0 Å². The van der Waals surface area contributed by atoms with Gasteiger partial charge in [0.2, 0.25) is 0 Å². The van der Waals surface area contributed by atoms with Gasteiger partial charge in [-0.1, -0.05) is 0 Å². The van der Waals surface area contributed by atoms with E-state index in [1.54, 1.807) is 6.07 Å². The summed E-state index contributed by atoms with van der Waals surface area (Å²) in [7, 11) is 1.28. The minimum absolute atomic E-state index is 0.157. The molecule has 0 unspecified atom stereocenters. The van der Waals surface area contributed by atoms with E-state index < -0.39 is 28.8 Å². The van der Waals surface area contributed by atoms with Crippen LogP contribution in [0.15, 0.2) is 12.1 Å². The van der Waals surface area contributed by atoms with Crippen LogP contribution in [0.5, 0.6) is 0 Å². The fourth-order valence-electron chi connectivity index (χ4n) is 1.37. The summed E-state index contributed by atoms with van der Waals surface area (Å²) in [6, 6.07) is 3.36. The number of carbonyl (C=O) groups is 1. The molecular formula is C12H12F2N2O2. The third-order valence-corrected chi connectivity index (χ3v) is 2.84. The Morgan fingerprint density at radius 3 is 2.17 bits per heavy atom. The number of carboxylic acids is 1. The molecule has 1 N–H and O–H groups in total. The molecule has 0 saturated carbocycles. The van der Waals surface area contributed by atoms with Crippen molar-refractivity contribution in [1.82, 2.24) is 0 Å². The normalized spacial score (nSPS) is 10.9. The molecule has 1 rings (SSSR count). The lowest BCUT2D eigenvalue weighted by molar-refractivity contribution is -0.142. The molecule has 0 aromatic heterocycles. The van der Waals surface area contributed by atoms with Crippen molar-refractivity contribution in [2.24, 2.45) is 0 Å². The first-order valence-corrected chi connectivity index (χ1v) is 5.08. The maximum absolute atomic E-state index is 13.7. The Bertz CT molecular complexity index is 512. The summed E-state index contributed by atoms with van der Waals surface area (Å²) in [6.45, 7) is 2.65. The number of benzene rings is 1. The van der Waals surface area contributed by atoms with Crippen molar-refractivity contribution in [2.75, 3.05) is 11.9 Å². The zero-order valence-corrected chi connectivity index (χ0v) is 10.2. The number of rotatable bonds is 3. The molecule has 0 spiro atoms. The van der Waals surface area contributed by atoms with Gasteiger partial charge in [-0.25, -0.2) is 13.6 Å². The monoisotopic (exact) mass is 254 g/mol. The molecule has 0 radical (unpaired) electrons. The molecule has 18 heavy (non-hydrogen) atoms. The summed E-state index contributed by atoms with van der Waals surface area (Å²) in [6.07, 6.45) is 0. The highest BCUT2D eigenvalue weighted by molar-refractivity contribution is 5.82. The number of hydrogen-bond acceptors (Lipinski definition) is 3. The first-order chi connectivity index (χ1) is 8.21. The Hall–Kier alpha value is -2.16. The van der Waals surface area contributed by atoms with Crippen molar-refractivity contribution in [3.63, 3.8) is 0 Å². The Balaban J connectivity index is 3.36. The average molecular weight is 254 g/mol. The highest BCUT2D eigenvalue weighted by atomic mass is 19.1. The number of carboxylic acid groups (broad SMARTS) is 1. The van der Waals surface area contributed by atoms with Crippen molar-refractivity contribution in [3.05, 3.63) is 29.3 Å². The van der Waals surface area contributed by atoms with Crippen LogP contribution in [-0.2, 0) is 4.79 Å². The molecule has 0 aliphatic rings. The van der Waals surface area contributed by atoms with Crippen LogP contribution < -0.4 is 4.90 Å². The van der Waals surface area contributed by atoms with Crippen molar-refractivity contribution in [1.29, 1.82) is 5.26 Å². The lowest BCUT2D eigenvalue weighted by Gasteiger charge is -2.33. The van der Waals surface area contributed by atoms with E-state index in [1.165, 1.54) is 20.9 Å². The van der Waals surface area contributed by atoms with E-state index >= 15 is 0 Å². The standard InChI is InChI=1S/C12H12F2N2O2/c1-12(2,11(17)18)16(3)10-8(13)4-7(6-15)5-9(10)14/h4-5H,1-3H3,(H,17,18). The second-order valence-electron chi connectivity index (χ2n) is 4.32. The van der Waals surface area contributed by atoms with Gasteiger partial charge in [0, 0.05) is 7.05 Å². The van der Waals surface area contributed by atoms with Crippen LogP contribution in [0.25, 0.3) is 0 Å². The van der Waals surface area contributed by atoms with Gasteiger partial charge in [0.15, 0.2) is 11.6 Å². The predicted molar refractivity (Wildman–Crippen MR) is 61.2 cm³/mol. The maximum atomic E-state index is 13.7. The first-order valence-electron chi connectivity index (χ1n) is 5.08. The average Bonchev–Trinajstić information content (AvgIpc) is 2.27. The summed E-state index contributed by atoms with van der Waals surface area (Å²) in [5.74, 6) is -3.15. The Kier molecular flexibility index (Phi) is 3.56. The van der Waals surface area contributed by atoms with E-state index in [1.807, 2.05) is 0 Å². The molecule has 96 valence electrons. The minimum Gasteiger partial charge on any atom is -0.480 e. The highest BCUT2D eigenvalue weighted by Crippen LogP contribution is 2.29. The van der Waals surface area contributed by atoms with Crippen LogP contribution in [0.1, 0.15) is 19.4 Å². The van der Waals surface area contributed by atoms with Crippen LogP contribution in [-0.4, -0.2) is 23.7 Å². The van der Waals surface area contributed by atoms with Gasteiger partial charge in [0.05, 0.1) is 11.6 Å². The lowest BCUT2D eigenvalue weighted by atomic mass is 10.0. The van der Waals surface area contributed by atoms with Crippen LogP contribution in [0.2, 0.25) is 0 Å². The molecule has 1 aromatic rings. The molecule has 6 heteroatoms. The van der Waals surface area contributed by atoms with E-state index in [4.69, 9.17) is 10.4 Å². The van der Waals surface area contributed by atoms with Gasteiger partial charge in [-0.3, -0.25) is 0 Å². The van der Waals surface area contributed by atoms with E-state index in [2.05, 4.69) is 0 Å². The van der Waals surface area contributed by atoms with E-state index in [0.29, 0.717) is 0 Å². The van der Waals surface area contributed by atoms with E-state index in [9.17, 15) is 13.6 Å². The second-order valence-corrected chi connectivity index (χ2v) is 4.32. The molecule has 0 bridgehead atoms. The number of nitrogens with zero attached hydrogens (tertiary/aromatic N) is 2. The zero-order valence-electron chi connectivity index (χ0n) is 10.2. The number of anilines is 1. The molecule has 0 atom stereocenters. The van der Waals surface area contributed by atoms with Gasteiger partial charge >= 0.3 is 5.97 Å². The Morgan fingerprint density at radius 2 is 1.83 bits per heavy atom. The first kappa shape index (κ1) is 13.9. The van der Waals surface area contributed by atoms with Gasteiger partial charge in [-0.2, -0.15) is 5.26 Å². The van der Waals surface area contributed by atoms with Crippen LogP contribution in [0, 0.1) is 23.0 Å². The van der Waals surface area contributed by atoms with Gasteiger partial charge in [-0.05, 0) is 26.0 Å². The summed E-state index contributed by atoms with van der Waals surface area (Å²) in [5.41, 5.74) is -2.10. The molecule has 0 aliphatic carbocycles. The lowest BCUT2D eigenvalue weighted by Crippen LogP contribution is -2.48. The third kappa shape index (κ3) is 2.25. The number of aliphatic carboxylic acids is 1. The van der Waals surface area contributed by atoms with Crippen molar-refractivity contribution in [3.8, 4) is 6.07 Å². The van der Waals surface area contributed by atoms with Crippen LogP contribution in [0.4, 0.5) is 14.5 Å². The predicted octanol–water partition coefficient (Wildman–Crippen LogP) is 2.14. The minimum atomic E-state index is -1.48. The molecule has 0 fully saturated rings. The van der Waals surface area contributed by atoms with Gasteiger partial charge in [-0.15, -0.1) is 0 Å². The molecule has 0 saturated heterocycles. The number of likely N-dealkylation sites (N-methyl/N-ethyl adjacent to an activating group) is 1. The molecule has 0 heterocycles. The molecular weight excluding hydrogens is 242 g/mol. The zero-order chi connectivity index (χ0) is 14.1. The smallest absolute Gasteiger partial charge is 0.328 e. The van der Waals surface area contributed by atoms with E-state index in [0.717, 1.165) is 17.0 Å². The van der Waals surface area contributed by atoms with Gasteiger partial charge in [0.1, 0.15) is 11.2 Å². The van der Waals surface area contributed by atoms with Gasteiger partial charge in [0.25, 0.3) is 0 Å².